The van der Waals surface area contributed by atoms with Crippen LogP contribution in [0, 0.1) is 5.92 Å². The van der Waals surface area contributed by atoms with Crippen molar-refractivity contribution in [2.75, 3.05) is 25.0 Å². The third-order valence-electron chi connectivity index (χ3n) is 5.29. The minimum absolute atomic E-state index is 0.0108. The summed E-state index contributed by atoms with van der Waals surface area (Å²) in [6, 6.07) is 8.35. The number of ketones is 1. The van der Waals surface area contributed by atoms with Crippen molar-refractivity contribution in [1.29, 1.82) is 0 Å². The highest BCUT2D eigenvalue weighted by Gasteiger charge is 2.31. The fourth-order valence-electron chi connectivity index (χ4n) is 3.30. The van der Waals surface area contributed by atoms with Gasteiger partial charge in [-0.2, -0.15) is 17.5 Å². The average Bonchev–Trinajstić information content (AvgIpc) is 2.72. The number of nitrogens with zero attached hydrogens (tertiary/aromatic N) is 1. The van der Waals surface area contributed by atoms with Crippen LogP contribution in [0.3, 0.4) is 0 Å². The summed E-state index contributed by atoms with van der Waals surface area (Å²) in [5.74, 6) is 0.0773. The number of rotatable bonds is 6. The summed E-state index contributed by atoms with van der Waals surface area (Å²) in [5, 5.41) is 2.67. The Balaban J connectivity index is 1.67. The van der Waals surface area contributed by atoms with E-state index >= 15 is 0 Å². The zero-order valence-electron chi connectivity index (χ0n) is 16.7. The molecular formula is C21H22ClF3N2O3S. The number of Topliss-reactive ketones (excluding diaryl/α,β-unsaturated/α-hetero) is 1. The molecule has 168 valence electrons. The smallest absolute Gasteiger partial charge is 0.376 e. The number of nitrogens with one attached hydrogen (secondary N) is 1. The third-order valence-corrected chi connectivity index (χ3v) is 7.53. The van der Waals surface area contributed by atoms with Gasteiger partial charge in [-0.1, -0.05) is 18.5 Å². The Morgan fingerprint density at radius 3 is 2.32 bits per heavy atom. The van der Waals surface area contributed by atoms with Crippen LogP contribution >= 0.6 is 11.6 Å². The van der Waals surface area contributed by atoms with Gasteiger partial charge in [0.1, 0.15) is 0 Å². The van der Waals surface area contributed by atoms with Gasteiger partial charge in [0.15, 0.2) is 5.78 Å². The Labute approximate surface area is 184 Å². The van der Waals surface area contributed by atoms with Crippen molar-refractivity contribution in [2.24, 2.45) is 5.92 Å². The molecule has 1 aliphatic rings. The molecule has 0 unspecified atom stereocenters. The summed E-state index contributed by atoms with van der Waals surface area (Å²) in [4.78, 5) is 12.5. The van der Waals surface area contributed by atoms with E-state index in [1.165, 1.54) is 28.6 Å². The van der Waals surface area contributed by atoms with Crippen LogP contribution in [0.15, 0.2) is 47.4 Å². The minimum atomic E-state index is -4.53. The van der Waals surface area contributed by atoms with E-state index in [1.807, 2.05) is 0 Å². The molecule has 0 bridgehead atoms. The van der Waals surface area contributed by atoms with Gasteiger partial charge >= 0.3 is 6.18 Å². The third kappa shape index (κ3) is 5.58. The fourth-order valence-corrected chi connectivity index (χ4v) is 4.96. The second-order valence-electron chi connectivity index (χ2n) is 7.58. The van der Waals surface area contributed by atoms with E-state index in [4.69, 9.17) is 11.6 Å². The zero-order valence-corrected chi connectivity index (χ0v) is 18.3. The Morgan fingerprint density at radius 1 is 1.13 bits per heavy atom. The molecule has 31 heavy (non-hydrogen) atoms. The van der Waals surface area contributed by atoms with Crippen LogP contribution in [0.4, 0.5) is 18.9 Å². The maximum Gasteiger partial charge on any atom is 0.416 e. The molecule has 0 radical (unpaired) electrons. The van der Waals surface area contributed by atoms with E-state index in [0.717, 1.165) is 31.0 Å². The van der Waals surface area contributed by atoms with Gasteiger partial charge in [0, 0.05) is 18.7 Å². The van der Waals surface area contributed by atoms with Crippen molar-refractivity contribution in [1.82, 2.24) is 4.31 Å². The first-order valence-corrected chi connectivity index (χ1v) is 11.5. The summed E-state index contributed by atoms with van der Waals surface area (Å²) in [6.45, 7) is 2.72. The monoisotopic (exact) mass is 474 g/mol. The lowest BCUT2D eigenvalue weighted by atomic mass is 10.0. The van der Waals surface area contributed by atoms with Crippen LogP contribution in [-0.2, 0) is 16.2 Å². The molecular weight excluding hydrogens is 453 g/mol. The molecule has 2 aromatic carbocycles. The number of alkyl halides is 3. The van der Waals surface area contributed by atoms with E-state index in [2.05, 4.69) is 12.2 Å². The van der Waals surface area contributed by atoms with Crippen LogP contribution in [0.2, 0.25) is 5.02 Å². The normalized spacial score (nSPS) is 16.3. The van der Waals surface area contributed by atoms with Crippen molar-refractivity contribution in [3.63, 3.8) is 0 Å². The Hall–Kier alpha value is -2.10. The summed E-state index contributed by atoms with van der Waals surface area (Å²) >= 11 is 5.92. The summed E-state index contributed by atoms with van der Waals surface area (Å²) in [7, 11) is -3.63. The molecule has 1 fully saturated rings. The van der Waals surface area contributed by atoms with Crippen LogP contribution in [0.5, 0.6) is 0 Å². The summed E-state index contributed by atoms with van der Waals surface area (Å²) in [5.41, 5.74) is -0.654. The van der Waals surface area contributed by atoms with Crippen LogP contribution in [0.1, 0.15) is 35.7 Å². The van der Waals surface area contributed by atoms with Gasteiger partial charge in [-0.05, 0) is 61.2 Å². The molecule has 10 heteroatoms. The quantitative estimate of drug-likeness (QED) is 0.593. The van der Waals surface area contributed by atoms with Crippen molar-refractivity contribution in [3.05, 3.63) is 58.6 Å². The first-order chi connectivity index (χ1) is 14.5. The van der Waals surface area contributed by atoms with Crippen molar-refractivity contribution in [3.8, 4) is 0 Å². The number of sulfonamides is 1. The maximum atomic E-state index is 12.9. The lowest BCUT2D eigenvalue weighted by molar-refractivity contribution is -0.137. The van der Waals surface area contributed by atoms with Gasteiger partial charge in [0.2, 0.25) is 10.0 Å². The highest BCUT2D eigenvalue weighted by molar-refractivity contribution is 7.89. The molecule has 1 saturated heterocycles. The zero-order chi connectivity index (χ0) is 22.8. The minimum Gasteiger partial charge on any atom is -0.376 e. The first-order valence-electron chi connectivity index (χ1n) is 9.72. The van der Waals surface area contributed by atoms with Crippen molar-refractivity contribution >= 4 is 33.1 Å². The molecule has 0 amide bonds. The SMILES string of the molecule is CC1CCN(S(=O)(=O)c2ccc(C(=O)CNc3cc(C(F)(F)F)ccc3Cl)cc2)CC1. The number of anilines is 1. The topological polar surface area (TPSA) is 66.5 Å². The Bertz CT molecular complexity index is 1050. The second-order valence-corrected chi connectivity index (χ2v) is 9.93. The van der Waals surface area contributed by atoms with E-state index < -0.39 is 27.5 Å². The summed E-state index contributed by atoms with van der Waals surface area (Å²) < 4.78 is 65.5. The Kier molecular flexibility index (Phi) is 6.98. The average molecular weight is 475 g/mol. The molecule has 2 aromatic rings. The first kappa shape index (κ1) is 23.6. The molecule has 3 rings (SSSR count). The molecule has 0 atom stereocenters. The van der Waals surface area contributed by atoms with E-state index in [9.17, 15) is 26.4 Å². The number of benzene rings is 2. The van der Waals surface area contributed by atoms with Gasteiger partial charge < -0.3 is 5.32 Å². The van der Waals surface area contributed by atoms with E-state index in [1.54, 1.807) is 0 Å². The lowest BCUT2D eigenvalue weighted by Crippen LogP contribution is -2.37. The highest BCUT2D eigenvalue weighted by atomic mass is 35.5. The van der Waals surface area contributed by atoms with Gasteiger partial charge in [0.25, 0.3) is 0 Å². The van der Waals surface area contributed by atoms with Crippen LogP contribution in [-0.4, -0.2) is 38.1 Å². The molecule has 0 saturated carbocycles. The van der Waals surface area contributed by atoms with Gasteiger partial charge in [-0.15, -0.1) is 0 Å². The molecule has 1 N–H and O–H groups in total. The van der Waals surface area contributed by atoms with Crippen molar-refractivity contribution in [2.45, 2.75) is 30.8 Å². The largest absolute Gasteiger partial charge is 0.416 e. The molecule has 1 aliphatic heterocycles. The summed E-state index contributed by atoms with van der Waals surface area (Å²) in [6.07, 6.45) is -2.92. The number of hydrogen-bond acceptors (Lipinski definition) is 4. The fraction of sp³-hybridized carbons (Fsp3) is 0.381. The number of carbonyl (C=O) groups excluding carboxylic acids is 1. The molecule has 0 spiro atoms. The maximum absolute atomic E-state index is 12.9. The van der Waals surface area contributed by atoms with E-state index in [0.29, 0.717) is 19.0 Å². The number of hydrogen-bond donors (Lipinski definition) is 1. The predicted octanol–water partition coefficient (Wildman–Crippen LogP) is 5.07. The van der Waals surface area contributed by atoms with Gasteiger partial charge in [-0.25, -0.2) is 8.42 Å². The number of halogens is 4. The second kappa shape index (κ2) is 9.18. The Morgan fingerprint density at radius 2 is 1.74 bits per heavy atom. The van der Waals surface area contributed by atoms with E-state index in [-0.39, 0.29) is 27.7 Å². The van der Waals surface area contributed by atoms with Crippen molar-refractivity contribution < 1.29 is 26.4 Å². The number of piperidine rings is 1. The molecule has 1 heterocycles. The highest BCUT2D eigenvalue weighted by Crippen LogP contribution is 2.33. The standard InChI is InChI=1S/C21H22ClF3N2O3S/c1-14-8-10-27(11-9-14)31(29,30)17-5-2-15(3-6-17)20(28)13-26-19-12-16(21(23,24)25)4-7-18(19)22/h2-7,12,14,26H,8-11,13H2,1H3. The van der Waals surface area contributed by atoms with Crippen LogP contribution < -0.4 is 5.32 Å². The van der Waals surface area contributed by atoms with Gasteiger partial charge in [0.05, 0.1) is 27.7 Å². The number of carbonyl (C=O) groups is 1. The molecule has 5 nitrogen and oxygen atoms in total. The molecule has 0 aliphatic carbocycles. The van der Waals surface area contributed by atoms with Gasteiger partial charge in [-0.3, -0.25) is 4.79 Å². The predicted molar refractivity (Wildman–Crippen MR) is 113 cm³/mol. The van der Waals surface area contributed by atoms with Crippen LogP contribution in [0.25, 0.3) is 0 Å². The molecule has 0 aromatic heterocycles. The lowest BCUT2D eigenvalue weighted by Gasteiger charge is -2.29.